The molecule has 1 unspecified atom stereocenters. The number of nitrogens with one attached hydrogen (secondary N) is 1. The predicted octanol–water partition coefficient (Wildman–Crippen LogP) is 2.48. The van der Waals surface area contributed by atoms with E-state index in [0.29, 0.717) is 11.3 Å². The molecule has 2 aromatic carbocycles. The summed E-state index contributed by atoms with van der Waals surface area (Å²) in [6.45, 7) is 1.27. The van der Waals surface area contributed by atoms with E-state index in [4.69, 9.17) is 0 Å². The summed E-state index contributed by atoms with van der Waals surface area (Å²) in [4.78, 5) is 36.3. The third kappa shape index (κ3) is 2.83. The molecule has 0 radical (unpaired) electrons. The van der Waals surface area contributed by atoms with Crippen molar-refractivity contribution in [2.24, 2.45) is 0 Å². The Bertz CT molecular complexity index is 820. The van der Waals surface area contributed by atoms with Crippen LogP contribution < -0.4 is 5.32 Å². The lowest BCUT2D eigenvalue weighted by atomic mass is 9.95. The summed E-state index contributed by atoms with van der Waals surface area (Å²) in [6.07, 6.45) is 0. The molecule has 0 fully saturated rings. The summed E-state index contributed by atoms with van der Waals surface area (Å²) < 4.78 is 0. The van der Waals surface area contributed by atoms with Crippen molar-refractivity contribution >= 4 is 23.2 Å². The summed E-state index contributed by atoms with van der Waals surface area (Å²) >= 11 is 0. The molecule has 0 bridgehead atoms. The van der Waals surface area contributed by atoms with Crippen molar-refractivity contribution < 1.29 is 14.5 Å². The molecule has 2 amide bonds. The van der Waals surface area contributed by atoms with Crippen LogP contribution in [0.1, 0.15) is 24.1 Å². The van der Waals surface area contributed by atoms with Gasteiger partial charge in [-0.15, -0.1) is 0 Å². The van der Waals surface area contributed by atoms with Crippen LogP contribution in [0.4, 0.5) is 11.4 Å². The van der Waals surface area contributed by atoms with Gasteiger partial charge in [0.25, 0.3) is 5.69 Å². The number of rotatable bonds is 2. The van der Waals surface area contributed by atoms with Crippen molar-refractivity contribution in [3.05, 3.63) is 69.8 Å². The van der Waals surface area contributed by atoms with Crippen molar-refractivity contribution in [2.75, 3.05) is 11.9 Å². The van der Waals surface area contributed by atoms with Gasteiger partial charge in [0, 0.05) is 30.3 Å². The molecule has 0 saturated heterocycles. The molecule has 122 valence electrons. The smallest absolute Gasteiger partial charge is 0.269 e. The van der Waals surface area contributed by atoms with Crippen molar-refractivity contribution in [3.63, 3.8) is 0 Å². The standard InChI is InChI=1S/C17H15N3O4/c1-11(21)19-10-16(22)18-15-8-7-13(20(23)24)9-14(15)17(19)12-5-3-2-4-6-12/h2-9,17H,10H2,1H3,(H,18,22). The number of benzene rings is 2. The van der Waals surface area contributed by atoms with E-state index in [0.717, 1.165) is 5.56 Å². The van der Waals surface area contributed by atoms with Crippen LogP contribution in [0, 0.1) is 10.1 Å². The largest absolute Gasteiger partial charge is 0.324 e. The number of carbonyl (C=O) groups is 2. The van der Waals surface area contributed by atoms with Crippen molar-refractivity contribution in [3.8, 4) is 0 Å². The molecule has 1 N–H and O–H groups in total. The van der Waals surface area contributed by atoms with Crippen LogP contribution in [-0.4, -0.2) is 28.2 Å². The molecule has 24 heavy (non-hydrogen) atoms. The van der Waals surface area contributed by atoms with Gasteiger partial charge in [-0.1, -0.05) is 30.3 Å². The van der Waals surface area contributed by atoms with E-state index < -0.39 is 11.0 Å². The Hall–Kier alpha value is -3.22. The fraction of sp³-hybridized carbons (Fsp3) is 0.176. The lowest BCUT2D eigenvalue weighted by Crippen LogP contribution is -2.37. The summed E-state index contributed by atoms with van der Waals surface area (Å²) in [7, 11) is 0. The second kappa shape index (κ2) is 6.11. The molecule has 1 aliphatic heterocycles. The van der Waals surface area contributed by atoms with Gasteiger partial charge in [-0.05, 0) is 11.6 Å². The van der Waals surface area contributed by atoms with E-state index in [1.165, 1.54) is 30.0 Å². The molecule has 0 spiro atoms. The fourth-order valence-corrected chi connectivity index (χ4v) is 2.90. The van der Waals surface area contributed by atoms with Crippen LogP contribution in [0.15, 0.2) is 48.5 Å². The number of fused-ring (bicyclic) bond motifs is 1. The number of nitrogens with zero attached hydrogens (tertiary/aromatic N) is 2. The van der Waals surface area contributed by atoms with E-state index in [9.17, 15) is 19.7 Å². The normalized spacial score (nSPS) is 16.8. The minimum atomic E-state index is -0.572. The Balaban J connectivity index is 2.24. The third-order valence-electron chi connectivity index (χ3n) is 3.96. The highest BCUT2D eigenvalue weighted by atomic mass is 16.6. The molecule has 0 aromatic heterocycles. The van der Waals surface area contributed by atoms with Gasteiger partial charge in [0.15, 0.2) is 0 Å². The van der Waals surface area contributed by atoms with E-state index in [1.807, 2.05) is 30.3 Å². The summed E-state index contributed by atoms with van der Waals surface area (Å²) in [5, 5.41) is 13.9. The van der Waals surface area contributed by atoms with Gasteiger partial charge in [-0.3, -0.25) is 19.7 Å². The van der Waals surface area contributed by atoms with Crippen LogP contribution in [0.2, 0.25) is 0 Å². The number of nitro benzene ring substituents is 1. The SMILES string of the molecule is CC(=O)N1CC(=O)Nc2ccc([N+](=O)[O-])cc2C1c1ccccc1. The highest BCUT2D eigenvalue weighted by molar-refractivity contribution is 5.97. The first-order valence-corrected chi connectivity index (χ1v) is 7.37. The van der Waals surface area contributed by atoms with Crippen molar-refractivity contribution in [1.29, 1.82) is 0 Å². The number of hydrogen-bond acceptors (Lipinski definition) is 4. The molecule has 1 aliphatic rings. The average molecular weight is 325 g/mol. The molecular weight excluding hydrogens is 310 g/mol. The van der Waals surface area contributed by atoms with Gasteiger partial charge in [0.05, 0.1) is 11.0 Å². The molecule has 2 aromatic rings. The van der Waals surface area contributed by atoms with Gasteiger partial charge in [0.1, 0.15) is 6.54 Å². The molecule has 3 rings (SSSR count). The van der Waals surface area contributed by atoms with Crippen molar-refractivity contribution in [2.45, 2.75) is 13.0 Å². The second-order valence-electron chi connectivity index (χ2n) is 5.54. The van der Waals surface area contributed by atoms with E-state index >= 15 is 0 Å². The minimum Gasteiger partial charge on any atom is -0.324 e. The van der Waals surface area contributed by atoms with Gasteiger partial charge in [-0.2, -0.15) is 0 Å². The van der Waals surface area contributed by atoms with Crippen LogP contribution in [0.25, 0.3) is 0 Å². The Morgan fingerprint density at radius 3 is 2.58 bits per heavy atom. The first kappa shape index (κ1) is 15.7. The van der Waals surface area contributed by atoms with Crippen LogP contribution >= 0.6 is 0 Å². The Labute approximate surface area is 138 Å². The number of carbonyl (C=O) groups excluding carboxylic acids is 2. The monoisotopic (exact) mass is 325 g/mol. The van der Waals surface area contributed by atoms with Gasteiger partial charge in [0.2, 0.25) is 11.8 Å². The highest BCUT2D eigenvalue weighted by Gasteiger charge is 2.32. The molecule has 0 saturated carbocycles. The number of nitro groups is 1. The lowest BCUT2D eigenvalue weighted by molar-refractivity contribution is -0.384. The zero-order valence-corrected chi connectivity index (χ0v) is 12.9. The lowest BCUT2D eigenvalue weighted by Gasteiger charge is -2.29. The maximum Gasteiger partial charge on any atom is 0.269 e. The third-order valence-corrected chi connectivity index (χ3v) is 3.96. The molecule has 7 nitrogen and oxygen atoms in total. The molecule has 1 heterocycles. The summed E-state index contributed by atoms with van der Waals surface area (Å²) in [5.41, 5.74) is 1.69. The zero-order valence-electron chi connectivity index (χ0n) is 12.9. The number of hydrogen-bond donors (Lipinski definition) is 1. The van der Waals surface area contributed by atoms with E-state index in [-0.39, 0.29) is 24.0 Å². The second-order valence-corrected chi connectivity index (χ2v) is 5.54. The number of anilines is 1. The Kier molecular flexibility index (Phi) is 3.99. The van der Waals surface area contributed by atoms with Gasteiger partial charge in [-0.25, -0.2) is 0 Å². The molecule has 1 atom stereocenters. The topological polar surface area (TPSA) is 92.6 Å². The van der Waals surface area contributed by atoms with E-state index in [2.05, 4.69) is 5.32 Å². The number of amides is 2. The average Bonchev–Trinajstić information content (AvgIpc) is 2.70. The van der Waals surface area contributed by atoms with Crippen LogP contribution in [-0.2, 0) is 9.59 Å². The summed E-state index contributed by atoms with van der Waals surface area (Å²) in [5.74, 6) is -0.614. The fourth-order valence-electron chi connectivity index (χ4n) is 2.90. The quantitative estimate of drug-likeness (QED) is 0.678. The Morgan fingerprint density at radius 1 is 1.25 bits per heavy atom. The zero-order chi connectivity index (χ0) is 17.3. The first-order chi connectivity index (χ1) is 11.5. The maximum atomic E-state index is 12.1. The van der Waals surface area contributed by atoms with E-state index in [1.54, 1.807) is 0 Å². The van der Waals surface area contributed by atoms with Crippen LogP contribution in [0.5, 0.6) is 0 Å². The van der Waals surface area contributed by atoms with Crippen molar-refractivity contribution in [1.82, 2.24) is 4.90 Å². The number of non-ortho nitro benzene ring substituents is 1. The molecular formula is C17H15N3O4. The summed E-state index contributed by atoms with van der Waals surface area (Å²) in [6, 6.07) is 12.8. The molecule has 0 aliphatic carbocycles. The predicted molar refractivity (Wildman–Crippen MR) is 87.4 cm³/mol. The molecule has 7 heteroatoms. The van der Waals surface area contributed by atoms with Gasteiger partial charge >= 0.3 is 0 Å². The van der Waals surface area contributed by atoms with Gasteiger partial charge < -0.3 is 10.2 Å². The maximum absolute atomic E-state index is 12.1. The first-order valence-electron chi connectivity index (χ1n) is 7.37. The Morgan fingerprint density at radius 2 is 1.96 bits per heavy atom. The highest BCUT2D eigenvalue weighted by Crippen LogP contribution is 2.37. The van der Waals surface area contributed by atoms with Crippen LogP contribution in [0.3, 0.4) is 0 Å². The minimum absolute atomic E-state index is 0.0886.